The molecule has 0 aliphatic carbocycles. The summed E-state index contributed by atoms with van der Waals surface area (Å²) in [6, 6.07) is 6.27. The van der Waals surface area contributed by atoms with Crippen molar-refractivity contribution >= 4 is 11.5 Å². The Kier molecular flexibility index (Phi) is 5.96. The Morgan fingerprint density at radius 3 is 2.63 bits per heavy atom. The summed E-state index contributed by atoms with van der Waals surface area (Å²) >= 11 is 0. The number of unbranched alkanes of at least 4 members (excludes halogenated alkanes) is 1. The zero-order chi connectivity index (χ0) is 19.2. The lowest BCUT2D eigenvalue weighted by atomic mass is 9.98. The van der Waals surface area contributed by atoms with Crippen molar-refractivity contribution in [3.05, 3.63) is 66.5 Å². The van der Waals surface area contributed by atoms with Gasteiger partial charge in [-0.3, -0.25) is 4.79 Å². The van der Waals surface area contributed by atoms with E-state index in [1.54, 1.807) is 41.7 Å². The SMILES string of the molecule is CCC/C=C/C1C(c2ccc(O)cc2)=C(O)C(=O)N1CCCn1ccnc1. The molecule has 142 valence electrons. The van der Waals surface area contributed by atoms with E-state index < -0.39 is 0 Å². The standard InChI is InChI=1S/C21H25N3O3/c1-2-3-4-6-18-19(16-7-9-17(25)10-8-16)20(26)21(27)24(18)13-5-12-23-14-11-22-15-23/h4,6-11,14-15,18,25-26H,2-3,5,12-13H2,1H3/b6-4+. The molecule has 2 aromatic rings. The molecule has 2 N–H and O–H groups in total. The minimum Gasteiger partial charge on any atom is -0.508 e. The molecule has 0 fully saturated rings. The largest absolute Gasteiger partial charge is 0.508 e. The van der Waals surface area contributed by atoms with Crippen LogP contribution in [0.5, 0.6) is 5.75 Å². The molecule has 1 unspecified atom stereocenters. The van der Waals surface area contributed by atoms with Crippen molar-refractivity contribution in [2.75, 3.05) is 6.54 Å². The number of amides is 1. The Bertz CT molecular complexity index is 823. The van der Waals surface area contributed by atoms with Gasteiger partial charge in [0, 0.05) is 31.1 Å². The zero-order valence-electron chi connectivity index (χ0n) is 15.5. The number of aryl methyl sites for hydroxylation is 1. The zero-order valence-corrected chi connectivity index (χ0v) is 15.5. The fraction of sp³-hybridized carbons (Fsp3) is 0.333. The van der Waals surface area contributed by atoms with Gasteiger partial charge in [-0.2, -0.15) is 0 Å². The number of nitrogens with zero attached hydrogens (tertiary/aromatic N) is 3. The Balaban J connectivity index is 1.82. The Morgan fingerprint density at radius 2 is 1.96 bits per heavy atom. The molecule has 6 heteroatoms. The number of aliphatic hydroxyl groups excluding tert-OH is 1. The number of aromatic hydroxyl groups is 1. The average Bonchev–Trinajstić information content (AvgIpc) is 3.26. The van der Waals surface area contributed by atoms with Crippen LogP contribution < -0.4 is 0 Å². The van der Waals surface area contributed by atoms with Crippen molar-refractivity contribution in [2.45, 2.75) is 38.8 Å². The molecule has 0 bridgehead atoms. The second kappa shape index (κ2) is 8.58. The number of benzene rings is 1. The van der Waals surface area contributed by atoms with Crippen molar-refractivity contribution in [1.82, 2.24) is 14.5 Å². The summed E-state index contributed by atoms with van der Waals surface area (Å²) in [5.74, 6) is -0.414. The van der Waals surface area contributed by atoms with Gasteiger partial charge < -0.3 is 19.7 Å². The number of phenolic OH excluding ortho intramolecular Hbond substituents is 1. The van der Waals surface area contributed by atoms with Crippen LogP contribution in [0.25, 0.3) is 5.57 Å². The van der Waals surface area contributed by atoms with Crippen molar-refractivity contribution in [3.63, 3.8) is 0 Å². The number of allylic oxidation sites excluding steroid dienone is 1. The van der Waals surface area contributed by atoms with Gasteiger partial charge in [-0.05, 0) is 30.5 Å². The molecule has 0 radical (unpaired) electrons. The number of rotatable bonds is 8. The van der Waals surface area contributed by atoms with Gasteiger partial charge in [0.15, 0.2) is 5.76 Å². The van der Waals surface area contributed by atoms with Gasteiger partial charge in [-0.25, -0.2) is 4.98 Å². The van der Waals surface area contributed by atoms with Gasteiger partial charge in [0.05, 0.1) is 12.4 Å². The molecule has 6 nitrogen and oxygen atoms in total. The summed E-state index contributed by atoms with van der Waals surface area (Å²) in [7, 11) is 0. The van der Waals surface area contributed by atoms with E-state index in [1.807, 2.05) is 16.8 Å². The van der Waals surface area contributed by atoms with Gasteiger partial charge >= 0.3 is 0 Å². The lowest BCUT2D eigenvalue weighted by Crippen LogP contribution is -2.35. The number of hydrogen-bond acceptors (Lipinski definition) is 4. The van der Waals surface area contributed by atoms with Crippen LogP contribution in [0.3, 0.4) is 0 Å². The van der Waals surface area contributed by atoms with Crippen LogP contribution in [0.4, 0.5) is 0 Å². The van der Waals surface area contributed by atoms with E-state index in [2.05, 4.69) is 18.0 Å². The molecule has 2 heterocycles. The van der Waals surface area contributed by atoms with Gasteiger partial charge in [-0.15, -0.1) is 0 Å². The average molecular weight is 367 g/mol. The number of hydrogen-bond donors (Lipinski definition) is 2. The van der Waals surface area contributed by atoms with Crippen LogP contribution in [-0.2, 0) is 11.3 Å². The second-order valence-electron chi connectivity index (χ2n) is 6.62. The molecule has 0 spiro atoms. The molecule has 1 aliphatic heterocycles. The number of carbonyl (C=O) groups is 1. The molecule has 0 saturated carbocycles. The minimum atomic E-state index is -0.352. The molecule has 3 rings (SSSR count). The van der Waals surface area contributed by atoms with Crippen LogP contribution in [0.2, 0.25) is 0 Å². The van der Waals surface area contributed by atoms with Crippen LogP contribution in [0, 0.1) is 0 Å². The van der Waals surface area contributed by atoms with Crippen LogP contribution in [0.15, 0.2) is 60.9 Å². The molecule has 27 heavy (non-hydrogen) atoms. The first-order chi connectivity index (χ1) is 13.1. The molecular formula is C21H25N3O3. The van der Waals surface area contributed by atoms with E-state index >= 15 is 0 Å². The fourth-order valence-electron chi connectivity index (χ4n) is 3.30. The first kappa shape index (κ1) is 18.8. The van der Waals surface area contributed by atoms with Crippen LogP contribution in [-0.4, -0.2) is 43.2 Å². The Labute approximate surface area is 159 Å². The second-order valence-corrected chi connectivity index (χ2v) is 6.62. The molecule has 1 atom stereocenters. The minimum absolute atomic E-state index is 0.151. The van der Waals surface area contributed by atoms with Crippen LogP contribution >= 0.6 is 0 Å². The molecule has 0 saturated heterocycles. The first-order valence-electron chi connectivity index (χ1n) is 9.27. The first-order valence-corrected chi connectivity index (χ1v) is 9.27. The molecular weight excluding hydrogens is 342 g/mol. The highest BCUT2D eigenvalue weighted by Gasteiger charge is 2.38. The predicted molar refractivity (Wildman–Crippen MR) is 104 cm³/mol. The summed E-state index contributed by atoms with van der Waals surface area (Å²) in [6.45, 7) is 3.38. The van der Waals surface area contributed by atoms with E-state index in [0.29, 0.717) is 12.1 Å². The normalized spacial score (nSPS) is 17.4. The topological polar surface area (TPSA) is 78.6 Å². The van der Waals surface area contributed by atoms with E-state index in [4.69, 9.17) is 0 Å². The van der Waals surface area contributed by atoms with E-state index in [9.17, 15) is 15.0 Å². The Morgan fingerprint density at radius 1 is 1.19 bits per heavy atom. The quantitative estimate of drug-likeness (QED) is 0.700. The number of carbonyl (C=O) groups excluding carboxylic acids is 1. The summed E-state index contributed by atoms with van der Waals surface area (Å²) < 4.78 is 1.97. The van der Waals surface area contributed by atoms with Gasteiger partial charge in [0.2, 0.25) is 0 Å². The number of phenols is 1. The lowest BCUT2D eigenvalue weighted by Gasteiger charge is -2.24. The molecule has 1 amide bonds. The van der Waals surface area contributed by atoms with Crippen molar-refractivity contribution in [1.29, 1.82) is 0 Å². The summed E-state index contributed by atoms with van der Waals surface area (Å²) in [5.41, 5.74) is 1.33. The smallest absolute Gasteiger partial charge is 0.289 e. The summed E-state index contributed by atoms with van der Waals surface area (Å²) in [4.78, 5) is 18.4. The third-order valence-corrected chi connectivity index (χ3v) is 4.68. The molecule has 1 aromatic heterocycles. The molecule has 1 aliphatic rings. The fourth-order valence-corrected chi connectivity index (χ4v) is 3.30. The van der Waals surface area contributed by atoms with Gasteiger partial charge in [-0.1, -0.05) is 37.6 Å². The predicted octanol–water partition coefficient (Wildman–Crippen LogP) is 3.52. The summed E-state index contributed by atoms with van der Waals surface area (Å²) in [6.07, 6.45) is 12.1. The van der Waals surface area contributed by atoms with Gasteiger partial charge in [0.25, 0.3) is 5.91 Å². The maximum atomic E-state index is 12.7. The monoisotopic (exact) mass is 367 g/mol. The highest BCUT2D eigenvalue weighted by molar-refractivity contribution is 6.05. The highest BCUT2D eigenvalue weighted by Crippen LogP contribution is 2.34. The van der Waals surface area contributed by atoms with E-state index in [1.165, 1.54) is 0 Å². The Hall–Kier alpha value is -3.02. The van der Waals surface area contributed by atoms with E-state index in [-0.39, 0.29) is 23.5 Å². The number of imidazole rings is 1. The van der Waals surface area contributed by atoms with E-state index in [0.717, 1.165) is 31.4 Å². The van der Waals surface area contributed by atoms with Gasteiger partial charge in [0.1, 0.15) is 5.75 Å². The molecule has 1 aromatic carbocycles. The maximum absolute atomic E-state index is 12.7. The van der Waals surface area contributed by atoms with Crippen molar-refractivity contribution in [3.8, 4) is 5.75 Å². The number of aromatic nitrogens is 2. The lowest BCUT2D eigenvalue weighted by molar-refractivity contribution is -0.128. The number of aliphatic hydroxyl groups is 1. The van der Waals surface area contributed by atoms with Crippen molar-refractivity contribution < 1.29 is 15.0 Å². The third kappa shape index (κ3) is 4.22. The van der Waals surface area contributed by atoms with Crippen molar-refractivity contribution in [2.24, 2.45) is 0 Å². The highest BCUT2D eigenvalue weighted by atomic mass is 16.3. The third-order valence-electron chi connectivity index (χ3n) is 4.68. The maximum Gasteiger partial charge on any atom is 0.289 e. The van der Waals surface area contributed by atoms with Crippen LogP contribution in [0.1, 0.15) is 31.7 Å². The summed E-state index contributed by atoms with van der Waals surface area (Å²) in [5, 5.41) is 20.1.